The molecule has 2 aliphatic rings. The van der Waals surface area contributed by atoms with Gasteiger partial charge >= 0.3 is 0 Å². The number of benzene rings is 2. The van der Waals surface area contributed by atoms with Gasteiger partial charge in [-0.3, -0.25) is 9.59 Å². The minimum Gasteiger partial charge on any atom is -0.342 e. The number of aryl methyl sites for hydroxylation is 1. The maximum atomic E-state index is 12.7. The van der Waals surface area contributed by atoms with Gasteiger partial charge in [-0.2, -0.15) is 0 Å². The number of amides is 2. The van der Waals surface area contributed by atoms with Gasteiger partial charge < -0.3 is 10.2 Å². The zero-order valence-corrected chi connectivity index (χ0v) is 17.2. The molecule has 2 aromatic rings. The number of likely N-dealkylation sites (tertiary alicyclic amines) is 1. The number of hydrogen-bond acceptors (Lipinski definition) is 2. The number of nitrogens with zero attached hydrogens (tertiary/aromatic N) is 1. The molecule has 4 nitrogen and oxygen atoms in total. The van der Waals surface area contributed by atoms with E-state index in [9.17, 15) is 9.59 Å². The van der Waals surface area contributed by atoms with E-state index in [1.54, 1.807) is 0 Å². The van der Waals surface area contributed by atoms with Crippen LogP contribution in [0.15, 0.2) is 48.5 Å². The predicted octanol–water partition coefficient (Wildman–Crippen LogP) is 5.03. The van der Waals surface area contributed by atoms with Crippen LogP contribution in [0.25, 0.3) is 11.1 Å². The number of piperidine rings is 1. The Balaban J connectivity index is 1.30. The molecule has 0 aromatic heterocycles. The van der Waals surface area contributed by atoms with Gasteiger partial charge in [-0.1, -0.05) is 54.8 Å². The molecule has 4 heteroatoms. The number of hydrogen-bond donors (Lipinski definition) is 1. The van der Waals surface area contributed by atoms with Crippen molar-refractivity contribution in [3.63, 3.8) is 0 Å². The maximum absolute atomic E-state index is 12.7. The highest BCUT2D eigenvalue weighted by molar-refractivity contribution is 5.93. The van der Waals surface area contributed by atoms with E-state index in [0.29, 0.717) is 19.0 Å². The van der Waals surface area contributed by atoms with Gasteiger partial charge in [0.2, 0.25) is 11.8 Å². The molecule has 0 atom stereocenters. The van der Waals surface area contributed by atoms with E-state index in [0.717, 1.165) is 36.9 Å². The van der Waals surface area contributed by atoms with E-state index < -0.39 is 0 Å². The van der Waals surface area contributed by atoms with Gasteiger partial charge in [0.25, 0.3) is 0 Å². The zero-order valence-electron chi connectivity index (χ0n) is 17.2. The largest absolute Gasteiger partial charge is 0.342 e. The molecular formula is C25H30N2O2. The first-order chi connectivity index (χ1) is 14.1. The van der Waals surface area contributed by atoms with E-state index >= 15 is 0 Å². The highest BCUT2D eigenvalue weighted by Gasteiger charge is 2.31. The van der Waals surface area contributed by atoms with E-state index in [1.165, 1.54) is 24.0 Å². The second kappa shape index (κ2) is 8.81. The zero-order chi connectivity index (χ0) is 20.2. The van der Waals surface area contributed by atoms with Crippen LogP contribution in [0.5, 0.6) is 0 Å². The van der Waals surface area contributed by atoms with Crippen LogP contribution >= 0.6 is 0 Å². The lowest BCUT2D eigenvalue weighted by Crippen LogP contribution is -2.43. The lowest BCUT2D eigenvalue weighted by Gasteiger charge is -2.33. The van der Waals surface area contributed by atoms with Gasteiger partial charge in [0.15, 0.2) is 0 Å². The molecule has 1 heterocycles. The van der Waals surface area contributed by atoms with Gasteiger partial charge in [0.1, 0.15) is 0 Å². The Morgan fingerprint density at radius 3 is 2.21 bits per heavy atom. The minimum atomic E-state index is -0.0147. The molecule has 1 N–H and O–H groups in total. The van der Waals surface area contributed by atoms with E-state index in [4.69, 9.17) is 0 Å². The maximum Gasteiger partial charge on any atom is 0.227 e. The number of rotatable bonds is 4. The van der Waals surface area contributed by atoms with Gasteiger partial charge in [0.05, 0.1) is 0 Å². The van der Waals surface area contributed by atoms with Crippen LogP contribution in [0.3, 0.4) is 0 Å². The van der Waals surface area contributed by atoms with Crippen LogP contribution in [0.4, 0.5) is 5.69 Å². The molecule has 29 heavy (non-hydrogen) atoms. The first-order valence-electron chi connectivity index (χ1n) is 10.9. The van der Waals surface area contributed by atoms with Crippen molar-refractivity contribution >= 4 is 17.5 Å². The van der Waals surface area contributed by atoms with Gasteiger partial charge in [-0.15, -0.1) is 0 Å². The second-order valence-electron chi connectivity index (χ2n) is 8.52. The van der Waals surface area contributed by atoms with E-state index in [1.807, 2.05) is 29.2 Å². The van der Waals surface area contributed by atoms with Crippen LogP contribution in [-0.4, -0.2) is 29.8 Å². The third-order valence-electron chi connectivity index (χ3n) is 6.39. The SMILES string of the molecule is Cc1cccc(-c2ccc(NC(=O)C3CCN(C(=O)C4CCCC4)CC3)cc2)c1. The summed E-state index contributed by atoms with van der Waals surface area (Å²) in [5.74, 6) is 0.598. The number of nitrogens with one attached hydrogen (secondary N) is 1. The molecule has 1 aliphatic carbocycles. The summed E-state index contributed by atoms with van der Waals surface area (Å²) < 4.78 is 0. The number of anilines is 1. The summed E-state index contributed by atoms with van der Waals surface area (Å²) in [6.07, 6.45) is 5.95. The molecule has 0 bridgehead atoms. The first kappa shape index (κ1) is 19.7. The van der Waals surface area contributed by atoms with Crippen LogP contribution in [0.2, 0.25) is 0 Å². The van der Waals surface area contributed by atoms with Crippen molar-refractivity contribution < 1.29 is 9.59 Å². The summed E-state index contributed by atoms with van der Waals surface area (Å²) in [6.45, 7) is 3.50. The summed E-state index contributed by atoms with van der Waals surface area (Å²) in [7, 11) is 0. The molecule has 2 amide bonds. The summed E-state index contributed by atoms with van der Waals surface area (Å²) in [5.41, 5.74) is 4.39. The Bertz CT molecular complexity index is 861. The summed E-state index contributed by atoms with van der Waals surface area (Å²) in [5, 5.41) is 3.06. The highest BCUT2D eigenvalue weighted by Crippen LogP contribution is 2.29. The Hall–Kier alpha value is -2.62. The Labute approximate surface area is 173 Å². The Morgan fingerprint density at radius 1 is 0.862 bits per heavy atom. The number of carbonyl (C=O) groups excluding carboxylic acids is 2. The lowest BCUT2D eigenvalue weighted by molar-refractivity contribution is -0.138. The quantitative estimate of drug-likeness (QED) is 0.796. The molecule has 2 fully saturated rings. The van der Waals surface area contributed by atoms with Gasteiger partial charge in [-0.05, 0) is 55.9 Å². The van der Waals surface area contributed by atoms with Crippen LogP contribution in [-0.2, 0) is 9.59 Å². The molecule has 0 spiro atoms. The normalized spacial score (nSPS) is 18.0. The summed E-state index contributed by atoms with van der Waals surface area (Å²) in [6, 6.07) is 16.4. The van der Waals surface area contributed by atoms with Crippen molar-refractivity contribution in [1.82, 2.24) is 4.90 Å². The monoisotopic (exact) mass is 390 g/mol. The molecule has 0 radical (unpaired) electrons. The minimum absolute atomic E-state index is 0.0147. The van der Waals surface area contributed by atoms with Crippen molar-refractivity contribution in [2.75, 3.05) is 18.4 Å². The molecule has 2 aromatic carbocycles. The van der Waals surface area contributed by atoms with Crippen molar-refractivity contribution in [1.29, 1.82) is 0 Å². The van der Waals surface area contributed by atoms with Gasteiger partial charge in [-0.25, -0.2) is 0 Å². The molecule has 1 saturated carbocycles. The first-order valence-corrected chi connectivity index (χ1v) is 10.9. The summed E-state index contributed by atoms with van der Waals surface area (Å²) in [4.78, 5) is 27.2. The molecule has 1 aliphatic heterocycles. The number of carbonyl (C=O) groups is 2. The molecular weight excluding hydrogens is 360 g/mol. The molecule has 4 rings (SSSR count). The standard InChI is InChI=1S/C25H30N2O2/c1-18-5-4-8-22(17-18)19-9-11-23(12-10-19)26-24(28)20-13-15-27(16-14-20)25(29)21-6-2-3-7-21/h4-5,8-12,17,20-21H,2-3,6-7,13-16H2,1H3,(H,26,28). The topological polar surface area (TPSA) is 49.4 Å². The lowest BCUT2D eigenvalue weighted by atomic mass is 9.94. The van der Waals surface area contributed by atoms with Crippen LogP contribution in [0.1, 0.15) is 44.1 Å². The van der Waals surface area contributed by atoms with Crippen LogP contribution < -0.4 is 5.32 Å². The predicted molar refractivity (Wildman–Crippen MR) is 117 cm³/mol. The van der Waals surface area contributed by atoms with Crippen molar-refractivity contribution in [3.05, 3.63) is 54.1 Å². The van der Waals surface area contributed by atoms with Crippen molar-refractivity contribution in [2.24, 2.45) is 11.8 Å². The Morgan fingerprint density at radius 2 is 1.55 bits per heavy atom. The third kappa shape index (κ3) is 4.69. The average Bonchev–Trinajstić information content (AvgIpc) is 3.29. The Kier molecular flexibility index (Phi) is 5.98. The average molecular weight is 391 g/mol. The molecule has 0 unspecified atom stereocenters. The second-order valence-corrected chi connectivity index (χ2v) is 8.52. The van der Waals surface area contributed by atoms with E-state index in [2.05, 4.69) is 36.5 Å². The summed E-state index contributed by atoms with van der Waals surface area (Å²) >= 11 is 0. The fraction of sp³-hybridized carbons (Fsp3) is 0.440. The van der Waals surface area contributed by atoms with E-state index in [-0.39, 0.29) is 17.7 Å². The van der Waals surface area contributed by atoms with Crippen LogP contribution in [0, 0.1) is 18.8 Å². The highest BCUT2D eigenvalue weighted by atomic mass is 16.2. The van der Waals surface area contributed by atoms with Crippen molar-refractivity contribution in [2.45, 2.75) is 45.4 Å². The third-order valence-corrected chi connectivity index (χ3v) is 6.39. The fourth-order valence-corrected chi connectivity index (χ4v) is 4.61. The van der Waals surface area contributed by atoms with Crippen molar-refractivity contribution in [3.8, 4) is 11.1 Å². The smallest absolute Gasteiger partial charge is 0.227 e. The van der Waals surface area contributed by atoms with Gasteiger partial charge in [0, 0.05) is 30.6 Å². The molecule has 152 valence electrons. The molecule has 1 saturated heterocycles. The fourth-order valence-electron chi connectivity index (χ4n) is 4.61.